The zero-order chi connectivity index (χ0) is 8.39. The summed E-state index contributed by atoms with van der Waals surface area (Å²) in [5.74, 6) is 0.963. The minimum atomic E-state index is 0.512. The molecule has 0 aromatic heterocycles. The Balaban J connectivity index is 1.67. The van der Waals surface area contributed by atoms with Crippen LogP contribution in [-0.4, -0.2) is 30.6 Å². The van der Waals surface area contributed by atoms with Gasteiger partial charge >= 0.3 is 0 Å². The molecule has 2 aliphatic rings. The summed E-state index contributed by atoms with van der Waals surface area (Å²) in [5.41, 5.74) is 5.86. The highest BCUT2D eigenvalue weighted by Gasteiger charge is 2.22. The third kappa shape index (κ3) is 1.99. The van der Waals surface area contributed by atoms with E-state index in [2.05, 4.69) is 4.90 Å². The fourth-order valence-corrected chi connectivity index (χ4v) is 2.30. The van der Waals surface area contributed by atoms with Gasteiger partial charge in [-0.1, -0.05) is 0 Å². The second-order valence-corrected chi connectivity index (χ2v) is 4.43. The summed E-state index contributed by atoms with van der Waals surface area (Å²) in [5, 5.41) is 0. The number of rotatable bonds is 2. The summed E-state index contributed by atoms with van der Waals surface area (Å²) in [6, 6.07) is 0.512. The van der Waals surface area contributed by atoms with Crippen LogP contribution < -0.4 is 5.73 Å². The minimum absolute atomic E-state index is 0.512. The van der Waals surface area contributed by atoms with Crippen molar-refractivity contribution in [3.8, 4) is 0 Å². The van der Waals surface area contributed by atoms with Crippen molar-refractivity contribution in [3.63, 3.8) is 0 Å². The lowest BCUT2D eigenvalue weighted by atomic mass is 9.86. The third-order valence-electron chi connectivity index (χ3n) is 3.36. The molecule has 0 bridgehead atoms. The summed E-state index contributed by atoms with van der Waals surface area (Å²) >= 11 is 0. The van der Waals surface area contributed by atoms with Gasteiger partial charge in [-0.25, -0.2) is 0 Å². The van der Waals surface area contributed by atoms with Gasteiger partial charge in [-0.2, -0.15) is 0 Å². The van der Waals surface area contributed by atoms with Gasteiger partial charge in [0, 0.05) is 12.6 Å². The molecule has 0 aromatic carbocycles. The smallest absolute Gasteiger partial charge is 0.00390 e. The van der Waals surface area contributed by atoms with Gasteiger partial charge in [-0.05, 0) is 51.1 Å². The molecule has 2 heteroatoms. The van der Waals surface area contributed by atoms with E-state index in [0.717, 1.165) is 5.92 Å². The highest BCUT2D eigenvalue weighted by atomic mass is 15.2. The standard InChI is InChI=1S/C10H20N2/c11-10-4-2-9(3-5-10)8-12-6-1-7-12/h9-10H,1-8,11H2. The van der Waals surface area contributed by atoms with Crippen LogP contribution in [0.4, 0.5) is 0 Å². The molecule has 12 heavy (non-hydrogen) atoms. The van der Waals surface area contributed by atoms with E-state index in [1.165, 1.54) is 51.7 Å². The molecule has 2 nitrogen and oxygen atoms in total. The number of hydrogen-bond donors (Lipinski definition) is 1. The van der Waals surface area contributed by atoms with Crippen molar-refractivity contribution in [1.29, 1.82) is 0 Å². The van der Waals surface area contributed by atoms with Crippen molar-refractivity contribution in [3.05, 3.63) is 0 Å². The lowest BCUT2D eigenvalue weighted by Crippen LogP contribution is -2.42. The summed E-state index contributed by atoms with van der Waals surface area (Å²) in [4.78, 5) is 2.58. The molecule has 0 atom stereocenters. The molecule has 1 saturated heterocycles. The molecule has 1 aliphatic carbocycles. The summed E-state index contributed by atoms with van der Waals surface area (Å²) in [6.07, 6.45) is 6.69. The third-order valence-corrected chi connectivity index (χ3v) is 3.36. The fourth-order valence-electron chi connectivity index (χ4n) is 2.30. The molecule has 0 aromatic rings. The van der Waals surface area contributed by atoms with Crippen molar-refractivity contribution in [2.24, 2.45) is 11.7 Å². The van der Waals surface area contributed by atoms with Crippen LogP contribution in [0.2, 0.25) is 0 Å². The lowest BCUT2D eigenvalue weighted by Gasteiger charge is -2.36. The van der Waals surface area contributed by atoms with E-state index in [1.807, 2.05) is 0 Å². The summed E-state index contributed by atoms with van der Waals surface area (Å²) in [6.45, 7) is 4.05. The molecule has 1 saturated carbocycles. The number of nitrogens with zero attached hydrogens (tertiary/aromatic N) is 1. The molecule has 2 fully saturated rings. The van der Waals surface area contributed by atoms with E-state index in [-0.39, 0.29) is 0 Å². The second kappa shape index (κ2) is 3.75. The monoisotopic (exact) mass is 168 g/mol. The first-order valence-corrected chi connectivity index (χ1v) is 5.32. The largest absolute Gasteiger partial charge is 0.328 e. The SMILES string of the molecule is NC1CCC(CN2CCC2)CC1. The van der Waals surface area contributed by atoms with Crippen LogP contribution in [0.15, 0.2) is 0 Å². The molecule has 70 valence electrons. The quantitative estimate of drug-likeness (QED) is 0.671. The van der Waals surface area contributed by atoms with E-state index in [4.69, 9.17) is 5.73 Å². The molecule has 2 N–H and O–H groups in total. The molecule has 0 radical (unpaired) electrons. The van der Waals surface area contributed by atoms with Crippen LogP contribution in [0, 0.1) is 5.92 Å². The molecule has 2 rings (SSSR count). The first-order valence-electron chi connectivity index (χ1n) is 5.32. The maximum Gasteiger partial charge on any atom is 0.00390 e. The van der Waals surface area contributed by atoms with Crippen LogP contribution in [0.1, 0.15) is 32.1 Å². The maximum absolute atomic E-state index is 5.86. The summed E-state index contributed by atoms with van der Waals surface area (Å²) in [7, 11) is 0. The van der Waals surface area contributed by atoms with E-state index in [0.29, 0.717) is 6.04 Å². The second-order valence-electron chi connectivity index (χ2n) is 4.43. The topological polar surface area (TPSA) is 29.3 Å². The van der Waals surface area contributed by atoms with Crippen LogP contribution in [-0.2, 0) is 0 Å². The van der Waals surface area contributed by atoms with Gasteiger partial charge in [0.25, 0.3) is 0 Å². The van der Waals surface area contributed by atoms with Gasteiger partial charge in [0.2, 0.25) is 0 Å². The van der Waals surface area contributed by atoms with E-state index in [9.17, 15) is 0 Å². The molecular formula is C10H20N2. The van der Waals surface area contributed by atoms with E-state index < -0.39 is 0 Å². The number of likely N-dealkylation sites (tertiary alicyclic amines) is 1. The number of nitrogens with two attached hydrogens (primary N) is 1. The normalized spacial score (nSPS) is 37.8. The first-order chi connectivity index (χ1) is 5.84. The van der Waals surface area contributed by atoms with Crippen molar-refractivity contribution >= 4 is 0 Å². The molecular weight excluding hydrogens is 148 g/mol. The number of hydrogen-bond acceptors (Lipinski definition) is 2. The predicted molar refractivity (Wildman–Crippen MR) is 51.0 cm³/mol. The Morgan fingerprint density at radius 3 is 2.25 bits per heavy atom. The average Bonchev–Trinajstić information content (AvgIpc) is 2.00. The Kier molecular flexibility index (Phi) is 2.66. The van der Waals surface area contributed by atoms with Gasteiger partial charge in [-0.3, -0.25) is 0 Å². The van der Waals surface area contributed by atoms with Gasteiger partial charge < -0.3 is 10.6 Å². The zero-order valence-electron chi connectivity index (χ0n) is 7.84. The van der Waals surface area contributed by atoms with Crippen LogP contribution >= 0.6 is 0 Å². The minimum Gasteiger partial charge on any atom is -0.328 e. The first kappa shape index (κ1) is 8.52. The summed E-state index contributed by atoms with van der Waals surface area (Å²) < 4.78 is 0. The Labute approximate surface area is 75.1 Å². The predicted octanol–water partition coefficient (Wildman–Crippen LogP) is 1.21. The van der Waals surface area contributed by atoms with Crippen molar-refractivity contribution < 1.29 is 0 Å². The van der Waals surface area contributed by atoms with Crippen LogP contribution in [0.3, 0.4) is 0 Å². The molecule has 1 heterocycles. The van der Waals surface area contributed by atoms with Gasteiger partial charge in [0.05, 0.1) is 0 Å². The van der Waals surface area contributed by atoms with E-state index >= 15 is 0 Å². The molecule has 0 spiro atoms. The Morgan fingerprint density at radius 1 is 1.08 bits per heavy atom. The van der Waals surface area contributed by atoms with Crippen molar-refractivity contribution in [2.75, 3.05) is 19.6 Å². The average molecular weight is 168 g/mol. The van der Waals surface area contributed by atoms with Gasteiger partial charge in [0.1, 0.15) is 0 Å². The zero-order valence-corrected chi connectivity index (χ0v) is 7.84. The Bertz CT molecular complexity index is 135. The highest BCUT2D eigenvalue weighted by molar-refractivity contribution is 4.79. The lowest BCUT2D eigenvalue weighted by molar-refractivity contribution is 0.133. The molecule has 1 aliphatic heterocycles. The fraction of sp³-hybridized carbons (Fsp3) is 1.00. The highest BCUT2D eigenvalue weighted by Crippen LogP contribution is 2.25. The van der Waals surface area contributed by atoms with Crippen molar-refractivity contribution in [1.82, 2.24) is 4.90 Å². The molecule has 0 unspecified atom stereocenters. The van der Waals surface area contributed by atoms with Crippen molar-refractivity contribution in [2.45, 2.75) is 38.1 Å². The maximum atomic E-state index is 5.86. The molecule has 0 amide bonds. The van der Waals surface area contributed by atoms with E-state index in [1.54, 1.807) is 0 Å². The van der Waals surface area contributed by atoms with Gasteiger partial charge in [0.15, 0.2) is 0 Å². The van der Waals surface area contributed by atoms with Gasteiger partial charge in [-0.15, -0.1) is 0 Å². The van der Waals surface area contributed by atoms with Crippen LogP contribution in [0.5, 0.6) is 0 Å². The Morgan fingerprint density at radius 2 is 1.75 bits per heavy atom. The Hall–Kier alpha value is -0.0800. The van der Waals surface area contributed by atoms with Crippen LogP contribution in [0.25, 0.3) is 0 Å².